The van der Waals surface area contributed by atoms with Crippen molar-refractivity contribution in [3.63, 3.8) is 0 Å². The number of amides is 3. The lowest BCUT2D eigenvalue weighted by atomic mass is 9.93. The van der Waals surface area contributed by atoms with E-state index in [9.17, 15) is 9.59 Å². The number of carbonyl (C=O) groups excluding carboxylic acids is 2. The summed E-state index contributed by atoms with van der Waals surface area (Å²) in [6.07, 6.45) is 3.16. The van der Waals surface area contributed by atoms with Crippen molar-refractivity contribution in [3.8, 4) is 0 Å². The Hall–Kier alpha value is -1.91. The molecular formula is C9H9N3O2. The molecule has 72 valence electrons. The first-order chi connectivity index (χ1) is 6.63. The fourth-order valence-corrected chi connectivity index (χ4v) is 1.43. The average Bonchev–Trinajstić information content (AvgIpc) is 2.43. The van der Waals surface area contributed by atoms with Gasteiger partial charge in [-0.3, -0.25) is 15.1 Å². The molecule has 1 aliphatic heterocycles. The van der Waals surface area contributed by atoms with E-state index in [0.717, 1.165) is 5.56 Å². The second-order valence-corrected chi connectivity index (χ2v) is 3.27. The topological polar surface area (TPSA) is 71.1 Å². The van der Waals surface area contributed by atoms with Crippen molar-refractivity contribution in [2.24, 2.45) is 0 Å². The summed E-state index contributed by atoms with van der Waals surface area (Å²) in [6.45, 7) is 1.66. The number of urea groups is 1. The molecule has 0 radical (unpaired) electrons. The van der Waals surface area contributed by atoms with Crippen LogP contribution in [0.15, 0.2) is 24.5 Å². The van der Waals surface area contributed by atoms with Crippen LogP contribution < -0.4 is 10.6 Å². The van der Waals surface area contributed by atoms with Crippen molar-refractivity contribution in [2.45, 2.75) is 12.5 Å². The van der Waals surface area contributed by atoms with Gasteiger partial charge in [0.2, 0.25) is 0 Å². The molecule has 0 bridgehead atoms. The first-order valence-electron chi connectivity index (χ1n) is 4.17. The zero-order chi connectivity index (χ0) is 10.2. The highest BCUT2D eigenvalue weighted by molar-refractivity contribution is 6.07. The Morgan fingerprint density at radius 2 is 1.93 bits per heavy atom. The number of rotatable bonds is 1. The van der Waals surface area contributed by atoms with Gasteiger partial charge in [-0.15, -0.1) is 0 Å². The first-order valence-corrected chi connectivity index (χ1v) is 4.17. The molecule has 1 fully saturated rings. The van der Waals surface area contributed by atoms with Crippen molar-refractivity contribution in [1.29, 1.82) is 0 Å². The van der Waals surface area contributed by atoms with Crippen LogP contribution in [0.1, 0.15) is 12.5 Å². The number of imide groups is 1. The SMILES string of the molecule is C[C@]1(c2ccncc2)NC(=O)NC1=O. The van der Waals surface area contributed by atoms with Crippen LogP contribution in [0, 0.1) is 0 Å². The van der Waals surface area contributed by atoms with Crippen molar-refractivity contribution in [3.05, 3.63) is 30.1 Å². The van der Waals surface area contributed by atoms with Crippen LogP contribution in [-0.4, -0.2) is 16.9 Å². The normalized spacial score (nSPS) is 25.8. The monoisotopic (exact) mass is 191 g/mol. The molecule has 0 aromatic carbocycles. The van der Waals surface area contributed by atoms with E-state index in [-0.39, 0.29) is 5.91 Å². The van der Waals surface area contributed by atoms with E-state index >= 15 is 0 Å². The molecule has 5 nitrogen and oxygen atoms in total. The van der Waals surface area contributed by atoms with Crippen LogP contribution in [0.2, 0.25) is 0 Å². The molecule has 2 heterocycles. The van der Waals surface area contributed by atoms with E-state index in [2.05, 4.69) is 15.6 Å². The van der Waals surface area contributed by atoms with Crippen LogP contribution >= 0.6 is 0 Å². The summed E-state index contributed by atoms with van der Waals surface area (Å²) in [5, 5.41) is 4.77. The Balaban J connectivity index is 2.43. The van der Waals surface area contributed by atoms with Gasteiger partial charge in [0.05, 0.1) is 0 Å². The molecule has 0 saturated carbocycles. The third-order valence-electron chi connectivity index (χ3n) is 2.30. The molecule has 1 aromatic heterocycles. The molecule has 5 heteroatoms. The van der Waals surface area contributed by atoms with Gasteiger partial charge in [-0.25, -0.2) is 4.79 Å². The van der Waals surface area contributed by atoms with E-state index in [0.29, 0.717) is 0 Å². The molecule has 1 saturated heterocycles. The Bertz CT molecular complexity index is 390. The summed E-state index contributed by atoms with van der Waals surface area (Å²) in [5.41, 5.74) is -0.254. The lowest BCUT2D eigenvalue weighted by Crippen LogP contribution is -2.40. The van der Waals surface area contributed by atoms with Crippen LogP contribution in [0.25, 0.3) is 0 Å². The summed E-state index contributed by atoms with van der Waals surface area (Å²) in [4.78, 5) is 26.3. The lowest BCUT2D eigenvalue weighted by molar-refractivity contribution is -0.123. The van der Waals surface area contributed by atoms with E-state index in [1.54, 1.807) is 31.5 Å². The summed E-state index contributed by atoms with van der Waals surface area (Å²) in [6, 6.07) is 2.94. The van der Waals surface area contributed by atoms with Gasteiger partial charge in [-0.2, -0.15) is 0 Å². The summed E-state index contributed by atoms with van der Waals surface area (Å²) in [5.74, 6) is -0.339. The zero-order valence-electron chi connectivity index (χ0n) is 7.57. The van der Waals surface area contributed by atoms with Gasteiger partial charge in [0.15, 0.2) is 0 Å². The summed E-state index contributed by atoms with van der Waals surface area (Å²) in [7, 11) is 0. The minimum atomic E-state index is -0.972. The average molecular weight is 191 g/mol. The van der Waals surface area contributed by atoms with E-state index in [4.69, 9.17) is 0 Å². The van der Waals surface area contributed by atoms with Crippen LogP contribution in [0.3, 0.4) is 0 Å². The number of pyridine rings is 1. The number of hydrogen-bond donors (Lipinski definition) is 2. The second kappa shape index (κ2) is 2.80. The molecule has 1 aromatic rings. The lowest BCUT2D eigenvalue weighted by Gasteiger charge is -2.20. The van der Waals surface area contributed by atoms with E-state index < -0.39 is 11.6 Å². The Morgan fingerprint density at radius 3 is 2.43 bits per heavy atom. The van der Waals surface area contributed by atoms with Gasteiger partial charge >= 0.3 is 6.03 Å². The smallest absolute Gasteiger partial charge is 0.320 e. The third-order valence-corrected chi connectivity index (χ3v) is 2.30. The molecule has 0 unspecified atom stereocenters. The Morgan fingerprint density at radius 1 is 1.29 bits per heavy atom. The van der Waals surface area contributed by atoms with Crippen LogP contribution in [0.4, 0.5) is 4.79 Å². The molecule has 2 rings (SSSR count). The number of aromatic nitrogens is 1. The van der Waals surface area contributed by atoms with Gasteiger partial charge in [0, 0.05) is 12.4 Å². The van der Waals surface area contributed by atoms with Crippen molar-refractivity contribution in [2.75, 3.05) is 0 Å². The molecule has 0 aliphatic carbocycles. The standard InChI is InChI=1S/C9H9N3O2/c1-9(6-2-4-10-5-3-6)7(13)11-8(14)12-9/h2-5H,1H3,(H2,11,12,13,14)/t9-/m1/s1. The maximum Gasteiger partial charge on any atom is 0.322 e. The Labute approximate surface area is 80.5 Å². The molecule has 1 aliphatic rings. The number of hydrogen-bond acceptors (Lipinski definition) is 3. The number of carbonyl (C=O) groups is 2. The minimum absolute atomic E-state index is 0.339. The predicted octanol–water partition coefficient (Wildman–Crippen LogP) is 0.136. The highest BCUT2D eigenvalue weighted by Gasteiger charge is 2.43. The summed E-state index contributed by atoms with van der Waals surface area (Å²) < 4.78 is 0. The fraction of sp³-hybridized carbons (Fsp3) is 0.222. The zero-order valence-corrected chi connectivity index (χ0v) is 7.57. The maximum absolute atomic E-state index is 11.5. The largest absolute Gasteiger partial charge is 0.322 e. The van der Waals surface area contributed by atoms with Gasteiger partial charge in [0.25, 0.3) is 5.91 Å². The summed E-state index contributed by atoms with van der Waals surface area (Å²) >= 11 is 0. The number of nitrogens with zero attached hydrogens (tertiary/aromatic N) is 1. The van der Waals surface area contributed by atoms with Crippen molar-refractivity contribution >= 4 is 11.9 Å². The molecular weight excluding hydrogens is 182 g/mol. The second-order valence-electron chi connectivity index (χ2n) is 3.27. The quantitative estimate of drug-likeness (QED) is 0.620. The predicted molar refractivity (Wildman–Crippen MR) is 48.3 cm³/mol. The molecule has 2 N–H and O–H groups in total. The van der Waals surface area contributed by atoms with Crippen molar-refractivity contribution < 1.29 is 9.59 Å². The molecule has 3 amide bonds. The highest BCUT2D eigenvalue weighted by Crippen LogP contribution is 2.22. The fourth-order valence-electron chi connectivity index (χ4n) is 1.43. The number of nitrogens with one attached hydrogen (secondary N) is 2. The third kappa shape index (κ3) is 1.14. The maximum atomic E-state index is 11.5. The van der Waals surface area contributed by atoms with Gasteiger partial charge in [-0.05, 0) is 24.6 Å². The van der Waals surface area contributed by atoms with Gasteiger partial charge < -0.3 is 5.32 Å². The van der Waals surface area contributed by atoms with Crippen molar-refractivity contribution in [1.82, 2.24) is 15.6 Å². The van der Waals surface area contributed by atoms with Crippen LogP contribution in [0.5, 0.6) is 0 Å². The minimum Gasteiger partial charge on any atom is -0.320 e. The molecule has 14 heavy (non-hydrogen) atoms. The van der Waals surface area contributed by atoms with Crippen LogP contribution in [-0.2, 0) is 10.3 Å². The molecule has 0 spiro atoms. The molecule has 1 atom stereocenters. The van der Waals surface area contributed by atoms with Gasteiger partial charge in [0.1, 0.15) is 5.54 Å². The van der Waals surface area contributed by atoms with Gasteiger partial charge in [-0.1, -0.05) is 0 Å². The Kier molecular flexibility index (Phi) is 1.73. The van der Waals surface area contributed by atoms with E-state index in [1.165, 1.54) is 0 Å². The van der Waals surface area contributed by atoms with E-state index in [1.807, 2.05) is 0 Å². The first kappa shape index (κ1) is 8.68. The highest BCUT2D eigenvalue weighted by atomic mass is 16.2.